The number of aryl methyl sites for hydroxylation is 4. The molecule has 0 radical (unpaired) electrons. The molecule has 2 rings (SSSR count). The highest BCUT2D eigenvalue weighted by Gasteiger charge is 2.10. The Morgan fingerprint density at radius 1 is 1.05 bits per heavy atom. The number of hydrogen-bond donors (Lipinski definition) is 0. The summed E-state index contributed by atoms with van der Waals surface area (Å²) in [5.41, 5.74) is 5.21. The molecular formula is C17H19NOS. The fourth-order valence-corrected chi connectivity index (χ4v) is 3.13. The molecule has 1 heterocycles. The molecule has 0 aliphatic rings. The molecule has 104 valence electrons. The monoisotopic (exact) mass is 285 g/mol. The van der Waals surface area contributed by atoms with Gasteiger partial charge in [0.05, 0.1) is 10.8 Å². The number of pyridine rings is 1. The van der Waals surface area contributed by atoms with Crippen molar-refractivity contribution in [2.45, 2.75) is 32.7 Å². The minimum atomic E-state index is 0.161. The van der Waals surface area contributed by atoms with Crippen LogP contribution in [0.2, 0.25) is 0 Å². The van der Waals surface area contributed by atoms with Gasteiger partial charge in [-0.2, -0.15) is 0 Å². The Morgan fingerprint density at radius 2 is 1.80 bits per heavy atom. The summed E-state index contributed by atoms with van der Waals surface area (Å²) in [5, 5.41) is 0.917. The second-order valence-corrected chi connectivity index (χ2v) is 6.15. The Morgan fingerprint density at radius 3 is 2.45 bits per heavy atom. The molecule has 0 saturated heterocycles. The summed E-state index contributed by atoms with van der Waals surface area (Å²) in [6.45, 7) is 8.04. The average molecular weight is 285 g/mol. The summed E-state index contributed by atoms with van der Waals surface area (Å²) >= 11 is 1.50. The highest BCUT2D eigenvalue weighted by molar-refractivity contribution is 7.99. The zero-order chi connectivity index (χ0) is 14.7. The quantitative estimate of drug-likeness (QED) is 0.620. The first-order valence-corrected chi connectivity index (χ1v) is 7.63. The zero-order valence-corrected chi connectivity index (χ0v) is 13.2. The van der Waals surface area contributed by atoms with E-state index < -0.39 is 0 Å². The second-order valence-electron chi connectivity index (χ2n) is 5.15. The number of nitrogens with zero attached hydrogens (tertiary/aromatic N) is 1. The maximum atomic E-state index is 12.3. The van der Waals surface area contributed by atoms with Gasteiger partial charge in [0.1, 0.15) is 0 Å². The normalized spacial score (nSPS) is 10.6. The molecule has 20 heavy (non-hydrogen) atoms. The Labute approximate surface area is 124 Å². The lowest BCUT2D eigenvalue weighted by atomic mass is 10.0. The van der Waals surface area contributed by atoms with E-state index in [0.29, 0.717) is 5.75 Å². The van der Waals surface area contributed by atoms with Crippen molar-refractivity contribution >= 4 is 17.5 Å². The standard InChI is InChI=1S/C17H19NOS/c1-11-5-6-15(13(3)7-11)16(19)10-20-17-9-12(2)8-14(4)18-17/h5-9H,10H2,1-4H3. The lowest BCUT2D eigenvalue weighted by Gasteiger charge is -2.07. The Balaban J connectivity index is 2.08. The summed E-state index contributed by atoms with van der Waals surface area (Å²) in [6, 6.07) is 10.0. The van der Waals surface area contributed by atoms with Crippen LogP contribution in [0.3, 0.4) is 0 Å². The van der Waals surface area contributed by atoms with Crippen molar-refractivity contribution in [2.75, 3.05) is 5.75 Å². The van der Waals surface area contributed by atoms with Crippen molar-refractivity contribution in [3.63, 3.8) is 0 Å². The van der Waals surface area contributed by atoms with Crippen LogP contribution in [0.25, 0.3) is 0 Å². The van der Waals surface area contributed by atoms with Crippen LogP contribution in [0.15, 0.2) is 35.4 Å². The van der Waals surface area contributed by atoms with E-state index in [4.69, 9.17) is 0 Å². The number of hydrogen-bond acceptors (Lipinski definition) is 3. The van der Waals surface area contributed by atoms with E-state index in [9.17, 15) is 4.79 Å². The highest BCUT2D eigenvalue weighted by atomic mass is 32.2. The van der Waals surface area contributed by atoms with Crippen LogP contribution in [-0.4, -0.2) is 16.5 Å². The van der Waals surface area contributed by atoms with Gasteiger partial charge in [0.2, 0.25) is 0 Å². The van der Waals surface area contributed by atoms with Crippen LogP contribution in [-0.2, 0) is 0 Å². The number of carbonyl (C=O) groups excluding carboxylic acids is 1. The summed E-state index contributed by atoms with van der Waals surface area (Å²) in [5.74, 6) is 0.591. The Kier molecular flexibility index (Phi) is 4.61. The first-order valence-electron chi connectivity index (χ1n) is 6.64. The van der Waals surface area contributed by atoms with Crippen LogP contribution in [0.5, 0.6) is 0 Å². The Bertz CT molecular complexity index is 629. The van der Waals surface area contributed by atoms with Crippen LogP contribution in [0.4, 0.5) is 0 Å². The molecule has 0 atom stereocenters. The fourth-order valence-electron chi connectivity index (χ4n) is 2.22. The van der Waals surface area contributed by atoms with E-state index >= 15 is 0 Å². The molecule has 0 aliphatic heterocycles. The third kappa shape index (κ3) is 3.70. The smallest absolute Gasteiger partial charge is 0.173 e. The van der Waals surface area contributed by atoms with Crippen molar-refractivity contribution in [3.05, 3.63) is 58.3 Å². The molecule has 0 unspecified atom stereocenters. The van der Waals surface area contributed by atoms with Gasteiger partial charge in [-0.05, 0) is 51.0 Å². The molecule has 2 nitrogen and oxygen atoms in total. The van der Waals surface area contributed by atoms with Crippen molar-refractivity contribution in [2.24, 2.45) is 0 Å². The first kappa shape index (κ1) is 14.8. The maximum absolute atomic E-state index is 12.3. The van der Waals surface area contributed by atoms with Crippen molar-refractivity contribution in [1.29, 1.82) is 0 Å². The third-order valence-corrected chi connectivity index (χ3v) is 4.02. The van der Waals surface area contributed by atoms with Gasteiger partial charge in [0.25, 0.3) is 0 Å². The second kappa shape index (κ2) is 6.23. The summed E-state index contributed by atoms with van der Waals surface area (Å²) in [7, 11) is 0. The van der Waals surface area contributed by atoms with Gasteiger partial charge in [0, 0.05) is 11.3 Å². The predicted octanol–water partition coefficient (Wildman–Crippen LogP) is 4.29. The number of aromatic nitrogens is 1. The zero-order valence-electron chi connectivity index (χ0n) is 12.4. The number of benzene rings is 1. The van der Waals surface area contributed by atoms with Gasteiger partial charge in [-0.1, -0.05) is 35.5 Å². The SMILES string of the molecule is Cc1cc(C)nc(SCC(=O)c2ccc(C)cc2C)c1. The van der Waals surface area contributed by atoms with Crippen LogP contribution >= 0.6 is 11.8 Å². The van der Waals surface area contributed by atoms with Gasteiger partial charge in [-0.15, -0.1) is 0 Å². The van der Waals surface area contributed by atoms with E-state index in [1.165, 1.54) is 22.9 Å². The van der Waals surface area contributed by atoms with Crippen molar-refractivity contribution in [1.82, 2.24) is 4.98 Å². The van der Waals surface area contributed by atoms with E-state index in [-0.39, 0.29) is 5.78 Å². The minimum absolute atomic E-state index is 0.161. The third-order valence-electron chi connectivity index (χ3n) is 3.11. The molecule has 0 bridgehead atoms. The van der Waals surface area contributed by atoms with Crippen LogP contribution in [0.1, 0.15) is 32.7 Å². The number of thioether (sulfide) groups is 1. The number of Topliss-reactive ketones (excluding diaryl/α,β-unsaturated/α-hetero) is 1. The molecule has 1 aromatic carbocycles. The van der Waals surface area contributed by atoms with E-state index in [2.05, 4.69) is 4.98 Å². The van der Waals surface area contributed by atoms with Gasteiger partial charge in [0.15, 0.2) is 5.78 Å². The number of rotatable bonds is 4. The minimum Gasteiger partial charge on any atom is -0.293 e. The van der Waals surface area contributed by atoms with Gasteiger partial charge in [-0.3, -0.25) is 4.79 Å². The molecular weight excluding hydrogens is 266 g/mol. The molecule has 0 spiro atoms. The lowest BCUT2D eigenvalue weighted by molar-refractivity contribution is 0.102. The molecule has 0 fully saturated rings. The largest absolute Gasteiger partial charge is 0.293 e. The molecule has 3 heteroatoms. The molecule has 0 amide bonds. The Hall–Kier alpha value is -1.61. The van der Waals surface area contributed by atoms with Gasteiger partial charge in [-0.25, -0.2) is 4.98 Å². The predicted molar refractivity (Wildman–Crippen MR) is 84.7 cm³/mol. The van der Waals surface area contributed by atoms with Crippen LogP contribution in [0, 0.1) is 27.7 Å². The molecule has 1 aromatic heterocycles. The van der Waals surface area contributed by atoms with E-state index in [0.717, 1.165) is 21.8 Å². The van der Waals surface area contributed by atoms with Crippen LogP contribution < -0.4 is 0 Å². The summed E-state index contributed by atoms with van der Waals surface area (Å²) < 4.78 is 0. The average Bonchev–Trinajstić information content (AvgIpc) is 2.35. The first-order chi connectivity index (χ1) is 9.45. The molecule has 0 N–H and O–H groups in total. The van der Waals surface area contributed by atoms with Crippen molar-refractivity contribution in [3.8, 4) is 0 Å². The fraction of sp³-hybridized carbons (Fsp3) is 0.294. The van der Waals surface area contributed by atoms with E-state index in [1.54, 1.807) is 0 Å². The van der Waals surface area contributed by atoms with Crippen molar-refractivity contribution < 1.29 is 4.79 Å². The summed E-state index contributed by atoms with van der Waals surface area (Å²) in [4.78, 5) is 16.7. The number of ketones is 1. The number of carbonyl (C=O) groups is 1. The maximum Gasteiger partial charge on any atom is 0.173 e. The topological polar surface area (TPSA) is 30.0 Å². The molecule has 2 aromatic rings. The van der Waals surface area contributed by atoms with Gasteiger partial charge >= 0.3 is 0 Å². The van der Waals surface area contributed by atoms with Gasteiger partial charge < -0.3 is 0 Å². The lowest BCUT2D eigenvalue weighted by Crippen LogP contribution is -2.05. The molecule has 0 saturated carbocycles. The molecule has 0 aliphatic carbocycles. The summed E-state index contributed by atoms with van der Waals surface area (Å²) in [6.07, 6.45) is 0. The van der Waals surface area contributed by atoms with E-state index in [1.807, 2.05) is 58.0 Å². The highest BCUT2D eigenvalue weighted by Crippen LogP contribution is 2.20.